The molecule has 0 bridgehead atoms. The minimum atomic E-state index is 0.194. The van der Waals surface area contributed by atoms with Crippen LogP contribution in [0.4, 0.5) is 0 Å². The van der Waals surface area contributed by atoms with E-state index < -0.39 is 0 Å². The molecular formula is C17H15ClN2O2. The number of ether oxygens (including phenoxy) is 2. The maximum Gasteiger partial charge on any atom is 0.177 e. The Balaban J connectivity index is 1.64. The van der Waals surface area contributed by atoms with Crippen molar-refractivity contribution in [3.05, 3.63) is 58.6 Å². The molecule has 1 atom stereocenters. The molecule has 2 aliphatic rings. The second kappa shape index (κ2) is 5.21. The molecule has 4 rings (SSSR count). The van der Waals surface area contributed by atoms with Crippen molar-refractivity contribution in [3.63, 3.8) is 0 Å². The minimum Gasteiger partial charge on any atom is -0.497 e. The van der Waals surface area contributed by atoms with Crippen LogP contribution in [0.3, 0.4) is 0 Å². The van der Waals surface area contributed by atoms with Crippen molar-refractivity contribution in [1.82, 2.24) is 5.01 Å². The number of methoxy groups -OCH3 is 1. The van der Waals surface area contributed by atoms with Crippen LogP contribution in [0, 0.1) is 0 Å². The van der Waals surface area contributed by atoms with Crippen molar-refractivity contribution in [2.75, 3.05) is 13.8 Å². The number of rotatable bonds is 2. The average molecular weight is 315 g/mol. The molecule has 112 valence electrons. The molecule has 4 nitrogen and oxygen atoms in total. The van der Waals surface area contributed by atoms with Crippen molar-refractivity contribution < 1.29 is 9.47 Å². The van der Waals surface area contributed by atoms with E-state index in [1.54, 1.807) is 7.11 Å². The fourth-order valence-corrected chi connectivity index (χ4v) is 3.13. The molecule has 0 radical (unpaired) electrons. The highest BCUT2D eigenvalue weighted by Gasteiger charge is 2.34. The predicted octanol–water partition coefficient (Wildman–Crippen LogP) is 3.85. The smallest absolute Gasteiger partial charge is 0.177 e. The first-order chi connectivity index (χ1) is 10.7. The lowest BCUT2D eigenvalue weighted by molar-refractivity contribution is 0.0750. The molecule has 0 spiro atoms. The minimum absolute atomic E-state index is 0.194. The monoisotopic (exact) mass is 314 g/mol. The first-order valence-corrected chi connectivity index (χ1v) is 7.53. The van der Waals surface area contributed by atoms with Gasteiger partial charge in [0.1, 0.15) is 11.5 Å². The van der Waals surface area contributed by atoms with Gasteiger partial charge in [-0.05, 0) is 48.0 Å². The Morgan fingerprint density at radius 3 is 2.82 bits per heavy atom. The van der Waals surface area contributed by atoms with Gasteiger partial charge in [-0.3, -0.25) is 5.01 Å². The first-order valence-electron chi connectivity index (χ1n) is 7.15. The summed E-state index contributed by atoms with van der Waals surface area (Å²) in [5.74, 6) is 1.75. The lowest BCUT2D eigenvalue weighted by Crippen LogP contribution is -2.29. The van der Waals surface area contributed by atoms with Crippen LogP contribution >= 0.6 is 11.6 Å². The zero-order valence-electron chi connectivity index (χ0n) is 12.1. The van der Waals surface area contributed by atoms with Crippen LogP contribution in [0.2, 0.25) is 5.02 Å². The van der Waals surface area contributed by atoms with E-state index >= 15 is 0 Å². The summed E-state index contributed by atoms with van der Waals surface area (Å²) in [4.78, 5) is 0. The highest BCUT2D eigenvalue weighted by atomic mass is 35.5. The van der Waals surface area contributed by atoms with Crippen LogP contribution in [0.1, 0.15) is 23.6 Å². The summed E-state index contributed by atoms with van der Waals surface area (Å²) in [5.41, 5.74) is 3.27. The second-order valence-corrected chi connectivity index (χ2v) is 5.83. The lowest BCUT2D eigenvalue weighted by Gasteiger charge is -2.30. The molecule has 0 amide bonds. The number of nitrogens with zero attached hydrogens (tertiary/aromatic N) is 2. The van der Waals surface area contributed by atoms with Gasteiger partial charge in [-0.2, -0.15) is 5.10 Å². The summed E-state index contributed by atoms with van der Waals surface area (Å²) in [6.07, 6.45) is 0.850. The Kier molecular flexibility index (Phi) is 3.19. The SMILES string of the molecule is COc1ccc(C2=NN3COc4ccc(Cl)cc4[C@H]3C2)cc1. The van der Waals surface area contributed by atoms with E-state index in [4.69, 9.17) is 26.2 Å². The molecule has 2 aromatic carbocycles. The van der Waals surface area contributed by atoms with E-state index in [0.29, 0.717) is 6.73 Å². The van der Waals surface area contributed by atoms with Gasteiger partial charge < -0.3 is 9.47 Å². The van der Waals surface area contributed by atoms with Gasteiger partial charge in [0.05, 0.1) is 18.9 Å². The topological polar surface area (TPSA) is 34.1 Å². The van der Waals surface area contributed by atoms with E-state index in [9.17, 15) is 0 Å². The zero-order chi connectivity index (χ0) is 15.1. The van der Waals surface area contributed by atoms with Gasteiger partial charge in [0.15, 0.2) is 6.73 Å². The fourth-order valence-electron chi connectivity index (χ4n) is 2.95. The Morgan fingerprint density at radius 1 is 1.23 bits per heavy atom. The van der Waals surface area contributed by atoms with Crippen LogP contribution < -0.4 is 9.47 Å². The first kappa shape index (κ1) is 13.5. The number of halogens is 1. The van der Waals surface area contributed by atoms with E-state index in [1.807, 2.05) is 47.5 Å². The van der Waals surface area contributed by atoms with Crippen molar-refractivity contribution in [3.8, 4) is 11.5 Å². The van der Waals surface area contributed by atoms with Crippen LogP contribution in [0.5, 0.6) is 11.5 Å². The van der Waals surface area contributed by atoms with E-state index in [2.05, 4.69) is 0 Å². The maximum atomic E-state index is 6.13. The summed E-state index contributed by atoms with van der Waals surface area (Å²) in [7, 11) is 1.67. The van der Waals surface area contributed by atoms with Crippen molar-refractivity contribution in [2.45, 2.75) is 12.5 Å². The van der Waals surface area contributed by atoms with Crippen molar-refractivity contribution in [2.24, 2.45) is 5.10 Å². The second-order valence-electron chi connectivity index (χ2n) is 5.39. The van der Waals surface area contributed by atoms with Crippen LogP contribution in [0.25, 0.3) is 0 Å². The average Bonchev–Trinajstić information content (AvgIpc) is 2.99. The molecule has 2 aromatic rings. The highest BCUT2D eigenvalue weighted by molar-refractivity contribution is 6.30. The maximum absolute atomic E-state index is 6.13. The Bertz CT molecular complexity index is 743. The van der Waals surface area contributed by atoms with Crippen molar-refractivity contribution in [1.29, 1.82) is 0 Å². The molecule has 5 heteroatoms. The normalized spacial score (nSPS) is 19.1. The highest BCUT2D eigenvalue weighted by Crippen LogP contribution is 2.41. The quantitative estimate of drug-likeness (QED) is 0.844. The summed E-state index contributed by atoms with van der Waals surface area (Å²) < 4.78 is 11.0. The van der Waals surface area contributed by atoms with E-state index in [1.165, 1.54) is 0 Å². The molecular weight excluding hydrogens is 300 g/mol. The van der Waals surface area contributed by atoms with Gasteiger partial charge in [0.2, 0.25) is 0 Å². The Labute approximate surface area is 133 Å². The Hall–Kier alpha value is -2.20. The van der Waals surface area contributed by atoms with Gasteiger partial charge in [0, 0.05) is 17.0 Å². The number of hydrogen-bond donors (Lipinski definition) is 0. The Morgan fingerprint density at radius 2 is 2.05 bits per heavy atom. The summed E-state index contributed by atoms with van der Waals surface area (Å²) in [5, 5.41) is 7.41. The number of hydrazone groups is 1. The van der Waals surface area contributed by atoms with Gasteiger partial charge in [-0.1, -0.05) is 11.6 Å². The summed E-state index contributed by atoms with van der Waals surface area (Å²) >= 11 is 6.13. The van der Waals surface area contributed by atoms with Gasteiger partial charge in [-0.25, -0.2) is 0 Å². The third kappa shape index (κ3) is 2.20. The molecule has 0 aromatic heterocycles. The fraction of sp³-hybridized carbons (Fsp3) is 0.235. The predicted molar refractivity (Wildman–Crippen MR) is 85.7 cm³/mol. The number of hydrogen-bond acceptors (Lipinski definition) is 4. The molecule has 0 N–H and O–H groups in total. The number of benzene rings is 2. The van der Waals surface area contributed by atoms with Crippen LogP contribution in [-0.2, 0) is 0 Å². The van der Waals surface area contributed by atoms with E-state index in [-0.39, 0.29) is 6.04 Å². The van der Waals surface area contributed by atoms with Gasteiger partial charge >= 0.3 is 0 Å². The molecule has 0 aliphatic carbocycles. The van der Waals surface area contributed by atoms with E-state index in [0.717, 1.165) is 39.8 Å². The molecule has 0 saturated carbocycles. The van der Waals surface area contributed by atoms with Gasteiger partial charge in [-0.15, -0.1) is 0 Å². The van der Waals surface area contributed by atoms with Gasteiger partial charge in [0.25, 0.3) is 0 Å². The lowest BCUT2D eigenvalue weighted by atomic mass is 9.97. The summed E-state index contributed by atoms with van der Waals surface area (Å²) in [6, 6.07) is 13.9. The third-order valence-electron chi connectivity index (χ3n) is 4.10. The molecule has 2 heterocycles. The largest absolute Gasteiger partial charge is 0.497 e. The standard InChI is InChI=1S/C17H15ClN2O2/c1-21-13-5-2-11(3-6-13)15-9-16-14-8-12(18)4-7-17(14)22-10-20(16)19-15/h2-8,16H,9-10H2,1H3/t16-/m1/s1. The summed E-state index contributed by atoms with van der Waals surface area (Å²) in [6.45, 7) is 0.471. The zero-order valence-corrected chi connectivity index (χ0v) is 12.9. The molecule has 0 unspecified atom stereocenters. The molecule has 2 aliphatic heterocycles. The third-order valence-corrected chi connectivity index (χ3v) is 4.34. The number of fused-ring (bicyclic) bond motifs is 3. The van der Waals surface area contributed by atoms with Crippen molar-refractivity contribution >= 4 is 17.3 Å². The molecule has 0 fully saturated rings. The molecule has 22 heavy (non-hydrogen) atoms. The van der Waals surface area contributed by atoms with Crippen LogP contribution in [-0.4, -0.2) is 24.6 Å². The van der Waals surface area contributed by atoms with Crippen LogP contribution in [0.15, 0.2) is 47.6 Å². The molecule has 0 saturated heterocycles.